The molecule has 0 radical (unpaired) electrons. The third-order valence-electron chi connectivity index (χ3n) is 21.6. The maximum Gasteiger partial charge on any atom is 0.312 e. The molecule has 7 heterocycles. The van der Waals surface area contributed by atoms with Gasteiger partial charge in [0.1, 0.15) is 34.6 Å². The van der Waals surface area contributed by atoms with Crippen LogP contribution < -0.4 is 47.4 Å². The monoisotopic (exact) mass is 1480 g/mol. The SMILES string of the molecule is CO[C@H]1/C=C/O[C@@]2(C)Oc3c(C)c(O)c4c(=O)c(c5oc6cc(N7CCC(N(C)C)CC7)cc(=O)c6nc5c4c3=C2O)NC(=O)/C(C)=C\C=C\[C@H](C)[C@@H]2OC(c3ccc(CC(=O)[C@H](CCCNC(N)=O)NC(=O)[C@@H](CC(=O)CCCCCN4C(=O)C=CC4=O)C(C)C)cc3)O[C@@H]([C@@H](C)[C@H](OC(C)=O)[C@@H]1C)[C@@H]2C. The Hall–Kier alpha value is -9.83. The smallest absolute Gasteiger partial charge is 0.312 e. The molecule has 0 saturated carbocycles. The van der Waals surface area contributed by atoms with Crippen LogP contribution in [-0.2, 0) is 63.7 Å². The molecule has 1 unspecified atom stereocenters. The zero-order valence-corrected chi connectivity index (χ0v) is 63.1. The van der Waals surface area contributed by atoms with Crippen LogP contribution in [0.3, 0.4) is 0 Å². The summed E-state index contributed by atoms with van der Waals surface area (Å²) in [5.74, 6) is -9.31. The number of phenols is 1. The number of piperidine rings is 1. The average molecular weight is 1480 g/mol. The first-order chi connectivity index (χ1) is 50.8. The largest absolute Gasteiger partial charge is 0.507 e. The number of unbranched alkanes of at least 4 members (excludes halogenated alkanes) is 2. The molecule has 107 heavy (non-hydrogen) atoms. The van der Waals surface area contributed by atoms with Crippen LogP contribution in [0.1, 0.15) is 143 Å². The van der Waals surface area contributed by atoms with Gasteiger partial charge in [-0.15, -0.1) is 0 Å². The molecule has 6 aliphatic heterocycles. The Balaban J connectivity index is 0.955. The van der Waals surface area contributed by atoms with Crippen LogP contribution in [0.4, 0.5) is 16.2 Å². The van der Waals surface area contributed by atoms with Crippen molar-refractivity contribution in [1.82, 2.24) is 25.4 Å². The van der Waals surface area contributed by atoms with E-state index < -0.39 is 124 Å². The highest BCUT2D eigenvalue weighted by Gasteiger charge is 2.48. The lowest BCUT2D eigenvalue weighted by atomic mass is 9.77. The highest BCUT2D eigenvalue weighted by atomic mass is 16.7. The van der Waals surface area contributed by atoms with Gasteiger partial charge < -0.3 is 74.5 Å². The first-order valence-electron chi connectivity index (χ1n) is 36.8. The average Bonchev–Trinajstić information content (AvgIpc) is 1.64. The fourth-order valence-electron chi connectivity index (χ4n) is 15.3. The number of aromatic hydroxyl groups is 1. The number of esters is 1. The molecule has 2 saturated heterocycles. The topological polar surface area (TPSA) is 364 Å². The lowest BCUT2D eigenvalue weighted by Crippen LogP contribution is -2.51. The number of ketones is 2. The number of rotatable bonds is 23. The second kappa shape index (κ2) is 34.0. The zero-order valence-electron chi connectivity index (χ0n) is 63.1. The molecular formula is C80H100N8O19. The van der Waals surface area contributed by atoms with E-state index >= 15 is 4.79 Å². The number of urea groups is 1. The minimum Gasteiger partial charge on any atom is -0.507 e. The van der Waals surface area contributed by atoms with Gasteiger partial charge in [-0.3, -0.25) is 48.1 Å². The Morgan fingerprint density at radius 2 is 1.56 bits per heavy atom. The summed E-state index contributed by atoms with van der Waals surface area (Å²) < 4.78 is 45.7. The number of anilines is 2. The minimum absolute atomic E-state index is 0.0130. The highest BCUT2D eigenvalue weighted by molar-refractivity contribution is 6.17. The Labute approximate surface area is 620 Å². The van der Waals surface area contributed by atoms with E-state index in [0.29, 0.717) is 55.2 Å². The zero-order chi connectivity index (χ0) is 77.6. The predicted molar refractivity (Wildman–Crippen MR) is 401 cm³/mol. The number of carbonyl (C=O) groups is 8. The van der Waals surface area contributed by atoms with E-state index in [-0.39, 0.29) is 130 Å². The number of allylic oxidation sites excluding steroid dienone is 2. The van der Waals surface area contributed by atoms with Crippen molar-refractivity contribution in [2.75, 3.05) is 57.6 Å². The van der Waals surface area contributed by atoms with Crippen molar-refractivity contribution >= 4 is 97.3 Å². The molecule has 6 aliphatic rings. The number of Topliss-reactive ketones (excluding diaryl/α,β-unsaturated/α-hetero) is 2. The second-order valence-electron chi connectivity index (χ2n) is 29.7. The molecule has 0 aliphatic carbocycles. The van der Waals surface area contributed by atoms with Gasteiger partial charge in [0.05, 0.1) is 41.2 Å². The molecular weight excluding hydrogens is 1380 g/mol. The molecule has 5 aromatic rings. The number of aromatic nitrogens is 1. The van der Waals surface area contributed by atoms with Crippen LogP contribution in [0.15, 0.2) is 98.7 Å². The number of nitrogens with two attached hydrogens (primary N) is 1. The van der Waals surface area contributed by atoms with E-state index in [2.05, 4.69) is 25.8 Å². The molecule has 0 spiro atoms. The minimum atomic E-state index is -2.05. The van der Waals surface area contributed by atoms with Crippen LogP contribution in [-0.4, -0.2) is 162 Å². The summed E-state index contributed by atoms with van der Waals surface area (Å²) in [7, 11) is 5.54. The number of nitrogens with zero attached hydrogens (tertiary/aromatic N) is 4. The number of nitrogens with one attached hydrogen (secondary N) is 3. The van der Waals surface area contributed by atoms with E-state index in [4.69, 9.17) is 43.6 Å². The fraction of sp³-hybridized carbons (Fsp3) is 0.512. The number of carbonyl (C=O) groups excluding carboxylic acids is 8. The number of phenolic OH excluding ortho intramolecular Hbond substituents is 1. The number of hydrogen-bond acceptors (Lipinski definition) is 22. The third kappa shape index (κ3) is 17.6. The van der Waals surface area contributed by atoms with Crippen LogP contribution in [0.25, 0.3) is 38.7 Å². The van der Waals surface area contributed by atoms with Gasteiger partial charge in [0.2, 0.25) is 16.8 Å². The van der Waals surface area contributed by atoms with Gasteiger partial charge in [0.25, 0.3) is 17.7 Å². The maximum atomic E-state index is 15.3. The van der Waals surface area contributed by atoms with Crippen molar-refractivity contribution in [3.63, 3.8) is 0 Å². The summed E-state index contributed by atoms with van der Waals surface area (Å²) in [6.07, 6.45) is 9.99. The first-order valence-corrected chi connectivity index (χ1v) is 36.8. The Morgan fingerprint density at radius 1 is 0.869 bits per heavy atom. The molecule has 11 rings (SSSR count). The van der Waals surface area contributed by atoms with Crippen molar-refractivity contribution in [3.8, 4) is 11.5 Å². The molecule has 7 N–H and O–H groups in total. The number of methoxy groups -OCH3 is 1. The molecule has 27 nitrogen and oxygen atoms in total. The normalized spacial score (nSPS) is 25.4. The number of fused-ring (bicyclic) bond motifs is 10. The van der Waals surface area contributed by atoms with E-state index in [1.54, 1.807) is 55.5 Å². The summed E-state index contributed by atoms with van der Waals surface area (Å²) in [5, 5.41) is 32.3. The number of aliphatic hydroxyl groups is 1. The number of ether oxygens (including phenoxy) is 6. The second-order valence-corrected chi connectivity index (χ2v) is 29.7. The van der Waals surface area contributed by atoms with Crippen LogP contribution in [0.2, 0.25) is 0 Å². The molecule has 6 amide bonds. The molecule has 27 heteroatoms. The Bertz CT molecular complexity index is 4560. The molecule has 1 aromatic heterocycles. The summed E-state index contributed by atoms with van der Waals surface area (Å²) in [6, 6.07) is 8.79. The summed E-state index contributed by atoms with van der Waals surface area (Å²) in [4.78, 5) is 145. The third-order valence-corrected chi connectivity index (χ3v) is 21.6. The van der Waals surface area contributed by atoms with E-state index in [9.17, 15) is 53.4 Å². The van der Waals surface area contributed by atoms with Crippen molar-refractivity contribution in [2.45, 2.75) is 182 Å². The summed E-state index contributed by atoms with van der Waals surface area (Å²) in [6.45, 7) is 18.7. The molecule has 574 valence electrons. The van der Waals surface area contributed by atoms with Gasteiger partial charge in [-0.25, -0.2) is 9.78 Å². The molecule has 12 atom stereocenters. The standard InChI is InChI=1S/C80H100N8O19/c1-41(2)54(40-53(90)21-15-14-16-33-88-60(93)27-28-61(88)94)77(99)83-55(22-18-32-82-79(81)100)56(91)37-49-23-25-50(26-24-49)78-105-70-42(3)19-17-20-43(4)76(98)85-67-69(96)63-62(66-74(67)104-59-39-52(38-57(92)65(59)84-66)87-34-29-51(30-35-87)86(11)12)64-73(45(6)68(63)95)107-80(10,75(64)97)102-36-31-58(101-13)44(5)71(103-48(9)89)47(8)72(106-78)46(70)7/h17,19-20,23-28,31,36,38-39,41-42,44,46-47,51,54-55,58,70-72,78,95,97H,14-16,18,21-22,29-30,32-35,37,40H2,1-13H3,(H,83,99)(H,85,98)(H3,81,82,100)/b19-17+,36-31+,43-20-/t42-,44+,46+,47-,54-,55-,58-,70-,71+,72+,78?,80-/m0/s1. The number of primary amides is 1. The lowest BCUT2D eigenvalue weighted by molar-refractivity contribution is -0.293. The van der Waals surface area contributed by atoms with Gasteiger partial charge in [0.15, 0.2) is 34.5 Å². The van der Waals surface area contributed by atoms with Crippen molar-refractivity contribution in [1.29, 1.82) is 0 Å². The number of hydrogen-bond donors (Lipinski definition) is 6. The molecule has 7 bridgehead atoms. The lowest BCUT2D eigenvalue weighted by Gasteiger charge is -2.47. The van der Waals surface area contributed by atoms with E-state index in [0.717, 1.165) is 17.7 Å². The molecule has 4 aromatic carbocycles. The van der Waals surface area contributed by atoms with Gasteiger partial charge >= 0.3 is 17.8 Å². The summed E-state index contributed by atoms with van der Waals surface area (Å²) in [5.41, 5.74) is 4.91. The van der Waals surface area contributed by atoms with E-state index in [1.807, 2.05) is 61.7 Å². The van der Waals surface area contributed by atoms with Crippen molar-refractivity contribution < 1.29 is 81.4 Å². The Kier molecular flexibility index (Phi) is 25.3. The fourth-order valence-corrected chi connectivity index (χ4v) is 15.3. The summed E-state index contributed by atoms with van der Waals surface area (Å²) >= 11 is 0. The van der Waals surface area contributed by atoms with Gasteiger partial charge in [0, 0.05) is 154 Å². The van der Waals surface area contributed by atoms with Gasteiger partial charge in [-0.2, -0.15) is 0 Å². The quantitative estimate of drug-likeness (QED) is 0.0117. The maximum absolute atomic E-state index is 15.3. The molecule has 2 fully saturated rings. The van der Waals surface area contributed by atoms with Crippen LogP contribution in [0, 0.1) is 42.4 Å². The van der Waals surface area contributed by atoms with Crippen LogP contribution in [0.5, 0.6) is 11.5 Å². The van der Waals surface area contributed by atoms with Crippen molar-refractivity contribution in [3.05, 3.63) is 127 Å². The highest BCUT2D eigenvalue weighted by Crippen LogP contribution is 2.45. The first kappa shape index (κ1) is 79.7. The van der Waals surface area contributed by atoms with Gasteiger partial charge in [-0.05, 0) is 84.0 Å². The predicted octanol–water partition coefficient (Wildman–Crippen LogP) is 8.61. The van der Waals surface area contributed by atoms with E-state index in [1.165, 1.54) is 52.4 Å². The number of benzene rings is 4. The number of imide groups is 1. The Morgan fingerprint density at radius 3 is 2.21 bits per heavy atom. The van der Waals surface area contributed by atoms with Gasteiger partial charge in [-0.1, -0.05) is 90.5 Å². The number of amides is 6. The number of aliphatic hydroxyl groups excluding tert-OH is 1. The van der Waals surface area contributed by atoms with Crippen molar-refractivity contribution in [2.24, 2.45) is 41.2 Å². The van der Waals surface area contributed by atoms with Crippen LogP contribution >= 0.6 is 0 Å².